The van der Waals surface area contributed by atoms with E-state index >= 15 is 0 Å². The lowest BCUT2D eigenvalue weighted by Gasteiger charge is -2.26. The van der Waals surface area contributed by atoms with Crippen LogP contribution in [0.4, 0.5) is 0 Å². The van der Waals surface area contributed by atoms with E-state index in [9.17, 15) is 0 Å². The highest BCUT2D eigenvalue weighted by Gasteiger charge is 2.18. The quantitative estimate of drug-likeness (QED) is 0.450. The Morgan fingerprint density at radius 2 is 1.80 bits per heavy atom. The largest absolute Gasteiger partial charge is 0.0713 e. The van der Waals surface area contributed by atoms with Gasteiger partial charge < -0.3 is 0 Å². The Hall–Kier alpha value is -0.260. The van der Waals surface area contributed by atoms with Gasteiger partial charge in [0.2, 0.25) is 0 Å². The highest BCUT2D eigenvalue weighted by Crippen LogP contribution is 2.32. The lowest BCUT2D eigenvalue weighted by Crippen LogP contribution is -2.13. The first-order valence-corrected chi connectivity index (χ1v) is 4.13. The minimum atomic E-state index is 0.719. The highest BCUT2D eigenvalue weighted by molar-refractivity contribution is 5.21. The van der Waals surface area contributed by atoms with Crippen molar-refractivity contribution in [3.05, 3.63) is 17.6 Å². The molecule has 1 aliphatic rings. The van der Waals surface area contributed by atoms with E-state index in [1.54, 1.807) is 11.1 Å². The van der Waals surface area contributed by atoms with Gasteiger partial charge in [0.15, 0.2) is 0 Å². The maximum absolute atomic E-state index is 2.42. The molecule has 57 valence electrons. The molecule has 0 N–H and O–H groups in total. The summed E-state index contributed by atoms with van der Waals surface area (Å²) in [6.45, 7) is 9.11. The van der Waals surface area contributed by atoms with Gasteiger partial charge in [-0.25, -0.2) is 0 Å². The average molecular weight is 137 g/mol. The molecule has 0 nitrogen and oxygen atoms in total. The topological polar surface area (TPSA) is 0 Å². The Kier molecular flexibility index (Phi) is 2.18. The normalized spacial score (nSPS) is 34.8. The van der Waals surface area contributed by atoms with E-state index in [2.05, 4.69) is 34.1 Å². The minimum Gasteiger partial charge on any atom is -0.0713 e. The predicted octanol–water partition coefficient (Wildman–Crippen LogP) is 3.20. The molecule has 0 saturated heterocycles. The summed E-state index contributed by atoms with van der Waals surface area (Å²) in [5.41, 5.74) is 3.19. The summed E-state index contributed by atoms with van der Waals surface area (Å²) in [5, 5.41) is 0. The smallest absolute Gasteiger partial charge is 0.0200 e. The van der Waals surface area contributed by atoms with Crippen LogP contribution >= 0.6 is 0 Å². The second-order valence-electron chi connectivity index (χ2n) is 3.53. The zero-order valence-electron chi connectivity index (χ0n) is 7.44. The van der Waals surface area contributed by atoms with E-state index in [-0.39, 0.29) is 0 Å². The molecule has 1 aliphatic carbocycles. The van der Waals surface area contributed by atoms with Crippen LogP contribution < -0.4 is 0 Å². The zero-order valence-corrected chi connectivity index (χ0v) is 7.44. The first-order chi connectivity index (χ1) is 4.63. The van der Waals surface area contributed by atoms with Crippen LogP contribution in [0.2, 0.25) is 0 Å². The van der Waals surface area contributed by atoms with Crippen molar-refractivity contribution in [2.45, 2.75) is 34.1 Å². The SMILES string of the molecule is CC1=C(C)C(C)C[CH]C1C. The number of hydrogen-bond acceptors (Lipinski definition) is 0. The molecule has 0 aromatic carbocycles. The second kappa shape index (κ2) is 2.77. The van der Waals surface area contributed by atoms with Crippen molar-refractivity contribution in [3.63, 3.8) is 0 Å². The fourth-order valence-corrected chi connectivity index (χ4v) is 1.51. The third-order valence-electron chi connectivity index (χ3n) is 2.89. The van der Waals surface area contributed by atoms with E-state index in [1.165, 1.54) is 6.42 Å². The standard InChI is InChI=1S/C10H17/c1-7-5-6-8(2)10(4)9(7)3/h5,7-8H,6H2,1-4H3. The average Bonchev–Trinajstić information content (AvgIpc) is 1.93. The van der Waals surface area contributed by atoms with Gasteiger partial charge in [-0.1, -0.05) is 25.0 Å². The van der Waals surface area contributed by atoms with Gasteiger partial charge in [0.1, 0.15) is 0 Å². The first-order valence-electron chi connectivity index (χ1n) is 4.13. The summed E-state index contributed by atoms with van der Waals surface area (Å²) in [7, 11) is 0. The van der Waals surface area contributed by atoms with E-state index in [0.717, 1.165) is 11.8 Å². The fourth-order valence-electron chi connectivity index (χ4n) is 1.51. The molecule has 0 aromatic rings. The Labute approximate surface area is 64.3 Å². The van der Waals surface area contributed by atoms with Gasteiger partial charge in [-0.2, -0.15) is 0 Å². The monoisotopic (exact) mass is 137 g/mol. The minimum absolute atomic E-state index is 0.719. The van der Waals surface area contributed by atoms with Crippen molar-refractivity contribution in [2.75, 3.05) is 0 Å². The molecule has 0 aromatic heterocycles. The third kappa shape index (κ3) is 1.25. The molecule has 0 amide bonds. The maximum atomic E-state index is 2.42. The van der Waals surface area contributed by atoms with E-state index in [4.69, 9.17) is 0 Å². The highest BCUT2D eigenvalue weighted by atomic mass is 14.2. The number of hydrogen-bond donors (Lipinski definition) is 0. The molecule has 2 atom stereocenters. The second-order valence-corrected chi connectivity index (χ2v) is 3.53. The Balaban J connectivity index is 2.81. The first kappa shape index (κ1) is 7.84. The molecular weight excluding hydrogens is 120 g/mol. The van der Waals surface area contributed by atoms with Gasteiger partial charge in [-0.15, -0.1) is 0 Å². The summed E-state index contributed by atoms with van der Waals surface area (Å²) < 4.78 is 0. The molecule has 1 rings (SSSR count). The maximum Gasteiger partial charge on any atom is -0.0200 e. The van der Waals surface area contributed by atoms with Crippen molar-refractivity contribution in [2.24, 2.45) is 11.8 Å². The van der Waals surface area contributed by atoms with Crippen LogP contribution in [-0.2, 0) is 0 Å². The van der Waals surface area contributed by atoms with Crippen molar-refractivity contribution in [1.82, 2.24) is 0 Å². The predicted molar refractivity (Wildman–Crippen MR) is 45.6 cm³/mol. The van der Waals surface area contributed by atoms with Gasteiger partial charge in [0, 0.05) is 0 Å². The van der Waals surface area contributed by atoms with E-state index in [0.29, 0.717) is 0 Å². The van der Waals surface area contributed by atoms with Gasteiger partial charge >= 0.3 is 0 Å². The molecule has 0 bridgehead atoms. The van der Waals surface area contributed by atoms with Crippen LogP contribution in [0.25, 0.3) is 0 Å². The molecule has 2 unspecified atom stereocenters. The molecule has 0 spiro atoms. The lowest BCUT2D eigenvalue weighted by molar-refractivity contribution is 0.554. The van der Waals surface area contributed by atoms with E-state index < -0.39 is 0 Å². The van der Waals surface area contributed by atoms with Crippen molar-refractivity contribution >= 4 is 0 Å². The van der Waals surface area contributed by atoms with Gasteiger partial charge in [-0.05, 0) is 38.5 Å². The fraction of sp³-hybridized carbons (Fsp3) is 0.700. The Morgan fingerprint density at radius 3 is 2.30 bits per heavy atom. The Morgan fingerprint density at radius 1 is 1.20 bits per heavy atom. The van der Waals surface area contributed by atoms with Crippen LogP contribution in [-0.4, -0.2) is 0 Å². The third-order valence-corrected chi connectivity index (χ3v) is 2.89. The summed E-state index contributed by atoms with van der Waals surface area (Å²) in [6, 6.07) is 0. The van der Waals surface area contributed by atoms with Crippen molar-refractivity contribution in [3.8, 4) is 0 Å². The summed E-state index contributed by atoms with van der Waals surface area (Å²) >= 11 is 0. The summed E-state index contributed by atoms with van der Waals surface area (Å²) in [4.78, 5) is 0. The number of rotatable bonds is 0. The van der Waals surface area contributed by atoms with Crippen molar-refractivity contribution < 1.29 is 0 Å². The molecule has 1 radical (unpaired) electrons. The van der Waals surface area contributed by atoms with Crippen LogP contribution in [0.15, 0.2) is 11.1 Å². The van der Waals surface area contributed by atoms with Gasteiger partial charge in [0.25, 0.3) is 0 Å². The van der Waals surface area contributed by atoms with Crippen molar-refractivity contribution in [1.29, 1.82) is 0 Å². The van der Waals surface area contributed by atoms with Crippen LogP contribution in [0, 0.1) is 18.3 Å². The zero-order chi connectivity index (χ0) is 7.72. The van der Waals surface area contributed by atoms with Crippen LogP contribution in [0.3, 0.4) is 0 Å². The molecule has 0 heterocycles. The van der Waals surface area contributed by atoms with Gasteiger partial charge in [0.05, 0.1) is 0 Å². The molecular formula is C10H17. The molecule has 0 heteroatoms. The molecule has 0 fully saturated rings. The summed E-state index contributed by atoms with van der Waals surface area (Å²) in [5.74, 6) is 1.51. The van der Waals surface area contributed by atoms with Gasteiger partial charge in [-0.3, -0.25) is 0 Å². The van der Waals surface area contributed by atoms with Crippen LogP contribution in [0.1, 0.15) is 34.1 Å². The molecule has 10 heavy (non-hydrogen) atoms. The number of allylic oxidation sites excluding steroid dienone is 2. The molecule has 0 saturated carbocycles. The molecule has 0 aliphatic heterocycles. The van der Waals surface area contributed by atoms with E-state index in [1.807, 2.05) is 0 Å². The summed E-state index contributed by atoms with van der Waals surface area (Å²) in [6.07, 6.45) is 3.69. The Bertz CT molecular complexity index is 135. The lowest BCUT2D eigenvalue weighted by atomic mass is 9.80. The van der Waals surface area contributed by atoms with Crippen LogP contribution in [0.5, 0.6) is 0 Å².